The number of ether oxygens (including phenoxy) is 2. The third-order valence-corrected chi connectivity index (χ3v) is 7.79. The average Bonchev–Trinajstić information content (AvgIpc) is 2.90. The van der Waals surface area contributed by atoms with Crippen LogP contribution in [0.3, 0.4) is 0 Å². The Labute approximate surface area is 257 Å². The van der Waals surface area contributed by atoms with Gasteiger partial charge in [-0.2, -0.15) is 0 Å². The van der Waals surface area contributed by atoms with Crippen LogP contribution in [0.1, 0.15) is 89.2 Å². The molecule has 2 aromatic carbocycles. The van der Waals surface area contributed by atoms with Crippen molar-refractivity contribution in [2.45, 2.75) is 96.7 Å². The molecule has 1 unspecified atom stereocenters. The number of aromatic nitrogens is 1. The summed E-state index contributed by atoms with van der Waals surface area (Å²) in [6.45, 7) is 14.1. The van der Waals surface area contributed by atoms with Gasteiger partial charge in [0.1, 0.15) is 22.8 Å². The van der Waals surface area contributed by atoms with Crippen molar-refractivity contribution in [2.75, 3.05) is 4.72 Å². The van der Waals surface area contributed by atoms with E-state index in [1.54, 1.807) is 0 Å². The zero-order valence-electron chi connectivity index (χ0n) is 26.2. The quantitative estimate of drug-likeness (QED) is 0.183. The number of anilines is 1. The largest absolute Gasteiger partial charge is 0.488 e. The molecule has 8 nitrogen and oxygen atoms in total. The van der Waals surface area contributed by atoms with Gasteiger partial charge in [-0.15, -0.1) is 0 Å². The van der Waals surface area contributed by atoms with Gasteiger partial charge in [0.05, 0.1) is 10.5 Å². The molecule has 0 spiro atoms. The number of nitrogens with one attached hydrogen (secondary N) is 1. The van der Waals surface area contributed by atoms with E-state index in [9.17, 15) is 13.8 Å². The molecule has 0 aliphatic rings. The van der Waals surface area contributed by atoms with Gasteiger partial charge in [0.15, 0.2) is 11.0 Å². The van der Waals surface area contributed by atoms with Crippen molar-refractivity contribution in [3.63, 3.8) is 0 Å². The van der Waals surface area contributed by atoms with E-state index >= 15 is 0 Å². The molecule has 3 aromatic rings. The fourth-order valence-electron chi connectivity index (χ4n) is 4.96. The summed E-state index contributed by atoms with van der Waals surface area (Å²) in [5.41, 5.74) is 1.41. The standard InChI is InChI=1S/C34H44N2O6S/c1-32(2,3)42-30(37)20-21-33(4,5)23-34(6,7)41-27-15-10-24(11-16-27)8-9-25-12-17-28(18-13-25)43(40)36-29-19-14-26(22-35-29)31(38)39/h10-19,22H,8-9,20-21,23H2,1-7H3,(H,35,36)(H,38,39). The summed E-state index contributed by atoms with van der Waals surface area (Å²) in [6, 6.07) is 18.6. The number of carbonyl (C=O) groups is 2. The highest BCUT2D eigenvalue weighted by molar-refractivity contribution is 7.86. The van der Waals surface area contributed by atoms with Crippen molar-refractivity contribution in [1.82, 2.24) is 4.98 Å². The lowest BCUT2D eigenvalue weighted by molar-refractivity contribution is -0.155. The van der Waals surface area contributed by atoms with Crippen LogP contribution in [0.2, 0.25) is 0 Å². The summed E-state index contributed by atoms with van der Waals surface area (Å²) >= 11 is 0. The molecule has 0 amide bonds. The summed E-state index contributed by atoms with van der Waals surface area (Å²) < 4.78 is 27.3. The fraction of sp³-hybridized carbons (Fsp3) is 0.441. The van der Waals surface area contributed by atoms with Crippen molar-refractivity contribution in [3.8, 4) is 5.75 Å². The van der Waals surface area contributed by atoms with Crippen molar-refractivity contribution in [2.24, 2.45) is 5.41 Å². The van der Waals surface area contributed by atoms with E-state index < -0.39 is 28.2 Å². The Bertz CT molecular complexity index is 1390. The van der Waals surface area contributed by atoms with Gasteiger partial charge in [-0.3, -0.25) is 9.52 Å². The first-order chi connectivity index (χ1) is 20.0. The van der Waals surface area contributed by atoms with Crippen LogP contribution in [-0.4, -0.2) is 37.4 Å². The summed E-state index contributed by atoms with van der Waals surface area (Å²) in [6.07, 6.45) is 4.80. The first kappa shape index (κ1) is 33.8. The van der Waals surface area contributed by atoms with E-state index in [1.165, 1.54) is 23.9 Å². The van der Waals surface area contributed by atoms with Gasteiger partial charge in [0.2, 0.25) is 0 Å². The van der Waals surface area contributed by atoms with Gasteiger partial charge in [-0.1, -0.05) is 38.1 Å². The van der Waals surface area contributed by atoms with E-state index in [0.29, 0.717) is 17.1 Å². The number of benzene rings is 2. The highest BCUT2D eigenvalue weighted by Gasteiger charge is 2.31. The molecule has 0 saturated carbocycles. The van der Waals surface area contributed by atoms with Crippen molar-refractivity contribution >= 4 is 28.7 Å². The topological polar surface area (TPSA) is 115 Å². The van der Waals surface area contributed by atoms with Crippen molar-refractivity contribution < 1.29 is 28.4 Å². The van der Waals surface area contributed by atoms with Crippen molar-refractivity contribution in [3.05, 3.63) is 83.6 Å². The minimum absolute atomic E-state index is 0.0690. The minimum atomic E-state index is -1.52. The third kappa shape index (κ3) is 11.8. The first-order valence-corrected chi connectivity index (χ1v) is 15.6. The van der Waals surface area contributed by atoms with E-state index in [2.05, 4.69) is 49.5 Å². The number of hydrogen-bond acceptors (Lipinski definition) is 6. The molecule has 3 rings (SSSR count). The molecule has 0 radical (unpaired) electrons. The highest BCUT2D eigenvalue weighted by atomic mass is 32.2. The molecule has 0 saturated heterocycles. The van der Waals surface area contributed by atoms with Crippen LogP contribution < -0.4 is 9.46 Å². The number of aromatic carboxylic acids is 1. The third-order valence-electron chi connectivity index (χ3n) is 6.70. The Morgan fingerprint density at radius 1 is 0.860 bits per heavy atom. The smallest absolute Gasteiger partial charge is 0.337 e. The normalized spacial score (nSPS) is 12.8. The Balaban J connectivity index is 1.47. The SMILES string of the molecule is CC(C)(CCC(=O)OC(C)(C)C)CC(C)(C)Oc1ccc(CCc2ccc(S(=O)Nc3ccc(C(=O)O)cn3)cc2)cc1. The van der Waals surface area contributed by atoms with Crippen LogP contribution in [0.5, 0.6) is 5.75 Å². The van der Waals surface area contributed by atoms with Crippen LogP contribution in [0.15, 0.2) is 71.8 Å². The van der Waals surface area contributed by atoms with Crippen molar-refractivity contribution in [1.29, 1.82) is 0 Å². The maximum Gasteiger partial charge on any atom is 0.337 e. The predicted molar refractivity (Wildman–Crippen MR) is 170 cm³/mol. The second-order valence-electron chi connectivity index (χ2n) is 13.2. The van der Waals surface area contributed by atoms with Gasteiger partial charge < -0.3 is 14.6 Å². The number of hydrogen-bond donors (Lipinski definition) is 2. The molecule has 0 aliphatic heterocycles. The molecule has 0 aliphatic carbocycles. The monoisotopic (exact) mass is 608 g/mol. The lowest BCUT2D eigenvalue weighted by atomic mass is 9.78. The maximum atomic E-state index is 12.6. The van der Waals surface area contributed by atoms with Crippen LogP contribution >= 0.6 is 0 Å². The molecule has 232 valence electrons. The molecule has 0 bridgehead atoms. The molecular formula is C34H44N2O6S. The van der Waals surface area contributed by atoms with E-state index in [1.807, 2.05) is 57.2 Å². The van der Waals surface area contributed by atoms with Crippen LogP contribution in [0.4, 0.5) is 5.82 Å². The van der Waals surface area contributed by atoms with Gasteiger partial charge in [0.25, 0.3) is 0 Å². The van der Waals surface area contributed by atoms with E-state index in [0.717, 1.165) is 37.0 Å². The molecule has 9 heteroatoms. The first-order valence-electron chi connectivity index (χ1n) is 14.5. The zero-order valence-corrected chi connectivity index (χ0v) is 27.0. The molecule has 2 N–H and O–H groups in total. The molecule has 1 heterocycles. The molecule has 43 heavy (non-hydrogen) atoms. The van der Waals surface area contributed by atoms with Crippen LogP contribution in [-0.2, 0) is 33.4 Å². The number of nitrogens with zero attached hydrogens (tertiary/aromatic N) is 1. The fourth-order valence-corrected chi connectivity index (χ4v) is 5.77. The second-order valence-corrected chi connectivity index (χ2v) is 14.4. The summed E-state index contributed by atoms with van der Waals surface area (Å²) in [4.78, 5) is 27.7. The molecule has 1 atom stereocenters. The van der Waals surface area contributed by atoms with Crippen LogP contribution in [0.25, 0.3) is 0 Å². The lowest BCUT2D eigenvalue weighted by Crippen LogP contribution is -2.35. The Morgan fingerprint density at radius 3 is 1.95 bits per heavy atom. The van der Waals surface area contributed by atoms with E-state index in [-0.39, 0.29) is 16.9 Å². The minimum Gasteiger partial charge on any atom is -0.488 e. The van der Waals surface area contributed by atoms with Crippen LogP contribution in [0, 0.1) is 5.41 Å². The predicted octanol–water partition coefficient (Wildman–Crippen LogP) is 7.40. The maximum absolute atomic E-state index is 12.6. The van der Waals surface area contributed by atoms with Gasteiger partial charge >= 0.3 is 11.9 Å². The Kier molecular flexibility index (Phi) is 11.1. The summed E-state index contributed by atoms with van der Waals surface area (Å²) in [5.74, 6) is -0.0843. The number of carboxylic acid groups (broad SMARTS) is 1. The summed E-state index contributed by atoms with van der Waals surface area (Å²) in [7, 11) is -1.52. The van der Waals surface area contributed by atoms with Gasteiger partial charge in [0, 0.05) is 12.6 Å². The second kappa shape index (κ2) is 14.2. The highest BCUT2D eigenvalue weighted by Crippen LogP contribution is 2.35. The lowest BCUT2D eigenvalue weighted by Gasteiger charge is -2.35. The number of rotatable bonds is 14. The van der Waals surface area contributed by atoms with Gasteiger partial charge in [-0.05, 0) is 113 Å². The number of pyridine rings is 1. The molecular weight excluding hydrogens is 564 g/mol. The Hall–Kier alpha value is -3.72. The molecule has 1 aromatic heterocycles. The Morgan fingerprint density at radius 2 is 1.44 bits per heavy atom. The average molecular weight is 609 g/mol. The van der Waals surface area contributed by atoms with Gasteiger partial charge in [-0.25, -0.2) is 14.0 Å². The zero-order chi connectivity index (χ0) is 31.8. The summed E-state index contributed by atoms with van der Waals surface area (Å²) in [5, 5.41) is 8.98. The van der Waals surface area contributed by atoms with E-state index in [4.69, 9.17) is 14.6 Å². The number of carboxylic acids is 1. The number of carbonyl (C=O) groups excluding carboxylic acids is 1. The molecule has 0 fully saturated rings. The number of esters is 1. The number of aryl methyl sites for hydroxylation is 2.